The Bertz CT molecular complexity index is 398. The molecule has 0 saturated heterocycles. The first-order valence-electron chi connectivity index (χ1n) is 5.00. The summed E-state index contributed by atoms with van der Waals surface area (Å²) in [6.45, 7) is 3.79. The molecule has 0 amide bonds. The van der Waals surface area contributed by atoms with Gasteiger partial charge >= 0.3 is 5.97 Å². The monoisotopic (exact) mass is 224 g/mol. The molecule has 1 atom stereocenters. The van der Waals surface area contributed by atoms with Crippen LogP contribution in [-0.2, 0) is 16.0 Å². The number of carbonyl (C=O) groups is 1. The number of aliphatic hydroxyl groups excluding tert-OH is 1. The van der Waals surface area contributed by atoms with E-state index in [1.54, 1.807) is 12.1 Å². The molecule has 16 heavy (non-hydrogen) atoms. The van der Waals surface area contributed by atoms with Gasteiger partial charge in [0.05, 0.1) is 7.11 Å². The van der Waals surface area contributed by atoms with Gasteiger partial charge in [0.25, 0.3) is 0 Å². The highest BCUT2D eigenvalue weighted by Crippen LogP contribution is 2.23. The Balaban J connectivity index is 2.89. The maximum absolute atomic E-state index is 11.0. The smallest absolute Gasteiger partial charge is 0.335 e. The molecule has 0 bridgehead atoms. The summed E-state index contributed by atoms with van der Waals surface area (Å²) in [5.74, 6) is -0.608. The van der Waals surface area contributed by atoms with Crippen LogP contribution in [0.2, 0.25) is 0 Å². The van der Waals surface area contributed by atoms with Crippen molar-refractivity contribution in [3.05, 3.63) is 28.8 Å². The molecule has 0 heterocycles. The van der Waals surface area contributed by atoms with E-state index in [1.807, 2.05) is 13.8 Å². The maximum atomic E-state index is 11.0. The van der Waals surface area contributed by atoms with Gasteiger partial charge in [0.1, 0.15) is 5.75 Å². The average molecular weight is 224 g/mol. The molecule has 0 aromatic heterocycles. The predicted octanol–water partition coefficient (Wildman–Crippen LogP) is 1.09. The number of rotatable bonds is 3. The van der Waals surface area contributed by atoms with Gasteiger partial charge in [-0.15, -0.1) is 0 Å². The molecule has 1 aromatic carbocycles. The number of phenols is 1. The number of hydrogen-bond donors (Lipinski definition) is 2. The number of hydrogen-bond acceptors (Lipinski definition) is 4. The van der Waals surface area contributed by atoms with Crippen molar-refractivity contribution in [2.45, 2.75) is 26.4 Å². The van der Waals surface area contributed by atoms with Crippen LogP contribution in [0.15, 0.2) is 12.1 Å². The number of phenolic OH excluding ortho intramolecular Hbond substituents is 1. The number of methoxy groups -OCH3 is 1. The average Bonchev–Trinajstić information content (AvgIpc) is 2.24. The van der Waals surface area contributed by atoms with E-state index in [2.05, 4.69) is 4.74 Å². The Morgan fingerprint density at radius 3 is 2.50 bits per heavy atom. The van der Waals surface area contributed by atoms with Crippen LogP contribution in [0.25, 0.3) is 0 Å². The Kier molecular flexibility index (Phi) is 3.90. The van der Waals surface area contributed by atoms with Crippen molar-refractivity contribution in [3.8, 4) is 5.75 Å². The molecule has 0 radical (unpaired) electrons. The van der Waals surface area contributed by atoms with Gasteiger partial charge in [-0.3, -0.25) is 0 Å². The summed E-state index contributed by atoms with van der Waals surface area (Å²) in [7, 11) is 1.21. The summed E-state index contributed by atoms with van der Waals surface area (Å²) in [6.07, 6.45) is -1.18. The zero-order chi connectivity index (χ0) is 12.3. The Hall–Kier alpha value is -1.55. The zero-order valence-corrected chi connectivity index (χ0v) is 9.65. The molecular weight excluding hydrogens is 208 g/mol. The van der Waals surface area contributed by atoms with Gasteiger partial charge in [-0.2, -0.15) is 0 Å². The SMILES string of the molecule is COC(=O)C(O)Cc1cc(C)c(C)cc1O. The lowest BCUT2D eigenvalue weighted by molar-refractivity contribution is -0.150. The van der Waals surface area contributed by atoms with E-state index in [9.17, 15) is 15.0 Å². The molecule has 1 rings (SSSR count). The molecule has 1 aromatic rings. The van der Waals surface area contributed by atoms with Crippen molar-refractivity contribution in [1.82, 2.24) is 0 Å². The second-order valence-corrected chi connectivity index (χ2v) is 3.81. The summed E-state index contributed by atoms with van der Waals surface area (Å²) in [5, 5.41) is 19.1. The van der Waals surface area contributed by atoms with E-state index in [1.165, 1.54) is 7.11 Å². The minimum atomic E-state index is -1.24. The summed E-state index contributed by atoms with van der Waals surface area (Å²) < 4.78 is 4.41. The number of carbonyl (C=O) groups excluding carboxylic acids is 1. The predicted molar refractivity (Wildman–Crippen MR) is 59.3 cm³/mol. The molecule has 4 heteroatoms. The summed E-state index contributed by atoms with van der Waals surface area (Å²) in [5.41, 5.74) is 2.51. The maximum Gasteiger partial charge on any atom is 0.335 e. The number of ether oxygens (including phenoxy) is 1. The van der Waals surface area contributed by atoms with Crippen LogP contribution in [-0.4, -0.2) is 29.4 Å². The van der Waals surface area contributed by atoms with Gasteiger partial charge in [0.2, 0.25) is 0 Å². The Morgan fingerprint density at radius 1 is 1.38 bits per heavy atom. The number of aliphatic hydroxyl groups is 1. The molecule has 2 N–H and O–H groups in total. The summed E-state index contributed by atoms with van der Waals surface area (Å²) >= 11 is 0. The lowest BCUT2D eigenvalue weighted by Gasteiger charge is -2.11. The topological polar surface area (TPSA) is 66.8 Å². The van der Waals surface area contributed by atoms with E-state index in [0.29, 0.717) is 5.56 Å². The van der Waals surface area contributed by atoms with Crippen LogP contribution < -0.4 is 0 Å². The fourth-order valence-electron chi connectivity index (χ4n) is 1.45. The summed E-state index contributed by atoms with van der Waals surface area (Å²) in [4.78, 5) is 11.0. The van der Waals surface area contributed by atoms with E-state index >= 15 is 0 Å². The normalized spacial score (nSPS) is 12.2. The van der Waals surface area contributed by atoms with Crippen molar-refractivity contribution >= 4 is 5.97 Å². The highest BCUT2D eigenvalue weighted by molar-refractivity contribution is 5.74. The third-order valence-electron chi connectivity index (χ3n) is 2.58. The van der Waals surface area contributed by atoms with Gasteiger partial charge < -0.3 is 14.9 Å². The van der Waals surface area contributed by atoms with Crippen LogP contribution >= 0.6 is 0 Å². The molecule has 0 aliphatic heterocycles. The molecule has 0 saturated carbocycles. The molecular formula is C12H16O4. The molecule has 0 spiro atoms. The second-order valence-electron chi connectivity index (χ2n) is 3.81. The van der Waals surface area contributed by atoms with Crippen LogP contribution in [0.1, 0.15) is 16.7 Å². The van der Waals surface area contributed by atoms with Crippen LogP contribution in [0.5, 0.6) is 5.75 Å². The van der Waals surface area contributed by atoms with Gasteiger partial charge in [-0.25, -0.2) is 4.79 Å². The third kappa shape index (κ3) is 2.73. The van der Waals surface area contributed by atoms with E-state index < -0.39 is 12.1 Å². The Morgan fingerprint density at radius 2 is 1.94 bits per heavy atom. The quantitative estimate of drug-likeness (QED) is 0.754. The van der Waals surface area contributed by atoms with Gasteiger partial charge in [0, 0.05) is 6.42 Å². The van der Waals surface area contributed by atoms with Crippen molar-refractivity contribution < 1.29 is 19.7 Å². The van der Waals surface area contributed by atoms with E-state index in [4.69, 9.17) is 0 Å². The first-order chi connectivity index (χ1) is 7.45. The minimum Gasteiger partial charge on any atom is -0.508 e. The van der Waals surface area contributed by atoms with E-state index in [0.717, 1.165) is 11.1 Å². The molecule has 88 valence electrons. The molecule has 0 aliphatic carbocycles. The summed E-state index contributed by atoms with van der Waals surface area (Å²) in [6, 6.07) is 3.38. The van der Waals surface area contributed by atoms with Gasteiger partial charge in [-0.05, 0) is 36.6 Å². The highest BCUT2D eigenvalue weighted by atomic mass is 16.5. The van der Waals surface area contributed by atoms with Crippen LogP contribution in [0.4, 0.5) is 0 Å². The third-order valence-corrected chi connectivity index (χ3v) is 2.58. The standard InChI is InChI=1S/C12H16O4/c1-7-4-9(10(13)5-8(7)2)6-11(14)12(15)16-3/h4-5,11,13-14H,6H2,1-3H3. The molecule has 0 fully saturated rings. The van der Waals surface area contributed by atoms with Crippen LogP contribution in [0, 0.1) is 13.8 Å². The fraction of sp³-hybridized carbons (Fsp3) is 0.417. The van der Waals surface area contributed by atoms with Gasteiger partial charge in [0.15, 0.2) is 6.10 Å². The lowest BCUT2D eigenvalue weighted by Crippen LogP contribution is -2.24. The number of esters is 1. The van der Waals surface area contributed by atoms with E-state index in [-0.39, 0.29) is 12.2 Å². The number of aryl methyl sites for hydroxylation is 2. The Labute approximate surface area is 94.5 Å². The second kappa shape index (κ2) is 4.99. The van der Waals surface area contributed by atoms with Gasteiger partial charge in [-0.1, -0.05) is 6.07 Å². The van der Waals surface area contributed by atoms with Crippen molar-refractivity contribution in [2.24, 2.45) is 0 Å². The fourth-order valence-corrected chi connectivity index (χ4v) is 1.45. The largest absolute Gasteiger partial charge is 0.508 e. The first-order valence-corrected chi connectivity index (χ1v) is 5.00. The molecule has 0 aliphatic rings. The van der Waals surface area contributed by atoms with Crippen LogP contribution in [0.3, 0.4) is 0 Å². The molecule has 1 unspecified atom stereocenters. The van der Waals surface area contributed by atoms with Crippen molar-refractivity contribution in [2.75, 3.05) is 7.11 Å². The highest BCUT2D eigenvalue weighted by Gasteiger charge is 2.18. The number of aromatic hydroxyl groups is 1. The minimum absolute atomic E-state index is 0.0552. The first kappa shape index (κ1) is 12.5. The van der Waals surface area contributed by atoms with Crippen molar-refractivity contribution in [1.29, 1.82) is 0 Å². The zero-order valence-electron chi connectivity index (χ0n) is 9.65. The lowest BCUT2D eigenvalue weighted by atomic mass is 10.0. The van der Waals surface area contributed by atoms with Crippen molar-refractivity contribution in [3.63, 3.8) is 0 Å². The number of benzene rings is 1. The molecule has 4 nitrogen and oxygen atoms in total.